The summed E-state index contributed by atoms with van der Waals surface area (Å²) >= 11 is 0. The molecule has 0 aromatic heterocycles. The fourth-order valence-corrected chi connectivity index (χ4v) is 2.38. The van der Waals surface area contributed by atoms with Crippen molar-refractivity contribution in [1.82, 2.24) is 5.32 Å². The van der Waals surface area contributed by atoms with Crippen molar-refractivity contribution < 1.29 is 4.74 Å². The normalized spacial score (nSPS) is 29.3. The quantitative estimate of drug-likeness (QED) is 0.322. The van der Waals surface area contributed by atoms with E-state index in [-0.39, 0.29) is 29.4 Å². The van der Waals surface area contributed by atoms with Crippen LogP contribution in [0.1, 0.15) is 52.9 Å². The van der Waals surface area contributed by atoms with Crippen LogP contribution in [0.2, 0.25) is 0 Å². The zero-order valence-corrected chi connectivity index (χ0v) is 14.6. The number of nitrogens with one attached hydrogen (secondary N) is 1. The average molecular weight is 381 g/mol. The molecule has 0 aromatic rings. The van der Waals surface area contributed by atoms with E-state index >= 15 is 0 Å². The van der Waals surface area contributed by atoms with Gasteiger partial charge in [0.2, 0.25) is 0 Å². The molecule has 2 atom stereocenters. The van der Waals surface area contributed by atoms with Crippen LogP contribution in [-0.4, -0.2) is 30.8 Å². The van der Waals surface area contributed by atoms with E-state index in [1.165, 1.54) is 19.3 Å². The number of ether oxygens (including phenoxy) is 1. The third-order valence-electron chi connectivity index (χ3n) is 4.17. The van der Waals surface area contributed by atoms with Crippen LogP contribution in [0.4, 0.5) is 0 Å². The largest absolute Gasteiger partial charge is 0.377 e. The minimum Gasteiger partial charge on any atom is -0.377 e. The van der Waals surface area contributed by atoms with Crippen molar-refractivity contribution in [1.29, 1.82) is 0 Å². The summed E-state index contributed by atoms with van der Waals surface area (Å²) in [6.45, 7) is 7.51. The standard InChI is InChI=1S/C14H27N3O.HI/c1-4-5-8-18-12-9-11(14(12,2)3)17-13(15)16-10-6-7-10;/h10-12H,4-9H2,1-3H3,(H3,15,16,17);1H. The van der Waals surface area contributed by atoms with E-state index in [9.17, 15) is 0 Å². The second-order valence-corrected chi connectivity index (χ2v) is 6.22. The molecule has 0 radical (unpaired) electrons. The minimum atomic E-state index is 0. The SMILES string of the molecule is CCCCOC1CC(N=C(N)NC2CC2)C1(C)C.I. The highest BCUT2D eigenvalue weighted by Crippen LogP contribution is 2.44. The lowest BCUT2D eigenvalue weighted by Gasteiger charge is -2.49. The summed E-state index contributed by atoms with van der Waals surface area (Å²) in [4.78, 5) is 4.60. The Morgan fingerprint density at radius 2 is 2.11 bits per heavy atom. The molecule has 0 aliphatic heterocycles. The molecule has 5 heteroatoms. The second kappa shape index (κ2) is 7.11. The molecule has 4 nitrogen and oxygen atoms in total. The van der Waals surface area contributed by atoms with Crippen molar-refractivity contribution in [2.75, 3.05) is 6.61 Å². The predicted molar refractivity (Wildman–Crippen MR) is 90.0 cm³/mol. The molecule has 0 bridgehead atoms. The lowest BCUT2D eigenvalue weighted by atomic mass is 9.65. The summed E-state index contributed by atoms with van der Waals surface area (Å²) in [6, 6.07) is 0.879. The molecule has 2 unspecified atom stereocenters. The third-order valence-corrected chi connectivity index (χ3v) is 4.17. The van der Waals surface area contributed by atoms with Gasteiger partial charge < -0.3 is 15.8 Å². The fraction of sp³-hybridized carbons (Fsp3) is 0.929. The van der Waals surface area contributed by atoms with Crippen LogP contribution in [0, 0.1) is 5.41 Å². The van der Waals surface area contributed by atoms with Crippen molar-refractivity contribution in [2.45, 2.75) is 71.1 Å². The maximum Gasteiger partial charge on any atom is 0.189 e. The first-order chi connectivity index (χ1) is 8.54. The Bertz CT molecular complexity index is 316. The summed E-state index contributed by atoms with van der Waals surface area (Å²) in [6.07, 6.45) is 6.13. The highest BCUT2D eigenvalue weighted by Gasteiger charge is 2.49. The average Bonchev–Trinajstić information content (AvgIpc) is 3.11. The van der Waals surface area contributed by atoms with Gasteiger partial charge in [0.1, 0.15) is 0 Å². The minimum absolute atomic E-state index is 0. The van der Waals surface area contributed by atoms with Crippen molar-refractivity contribution in [2.24, 2.45) is 16.1 Å². The van der Waals surface area contributed by atoms with Crippen molar-refractivity contribution in [3.05, 3.63) is 0 Å². The fourth-order valence-electron chi connectivity index (χ4n) is 2.38. The number of unbranched alkanes of at least 4 members (excludes halogenated alkanes) is 1. The van der Waals surface area contributed by atoms with Crippen LogP contribution in [0.15, 0.2) is 4.99 Å². The summed E-state index contributed by atoms with van der Waals surface area (Å²) in [5.41, 5.74) is 6.03. The lowest BCUT2D eigenvalue weighted by molar-refractivity contribution is -0.107. The molecule has 3 N–H and O–H groups in total. The predicted octanol–water partition coefficient (Wildman–Crippen LogP) is 2.65. The number of nitrogens with two attached hydrogens (primary N) is 1. The van der Waals surface area contributed by atoms with Crippen LogP contribution < -0.4 is 11.1 Å². The monoisotopic (exact) mass is 381 g/mol. The zero-order chi connectivity index (χ0) is 13.2. The zero-order valence-electron chi connectivity index (χ0n) is 12.3. The van der Waals surface area contributed by atoms with E-state index in [4.69, 9.17) is 10.5 Å². The van der Waals surface area contributed by atoms with Gasteiger partial charge in [-0.25, -0.2) is 4.99 Å². The molecule has 0 saturated heterocycles. The number of rotatable bonds is 6. The van der Waals surface area contributed by atoms with Gasteiger partial charge in [-0.2, -0.15) is 0 Å². The van der Waals surface area contributed by atoms with Gasteiger partial charge in [0.05, 0.1) is 12.1 Å². The third kappa shape index (κ3) is 4.48. The van der Waals surface area contributed by atoms with Crippen molar-refractivity contribution >= 4 is 29.9 Å². The number of aliphatic imine (C=N–C) groups is 1. The van der Waals surface area contributed by atoms with Crippen LogP contribution in [-0.2, 0) is 4.74 Å². The molecule has 19 heavy (non-hydrogen) atoms. The molecule has 2 saturated carbocycles. The van der Waals surface area contributed by atoms with Gasteiger partial charge in [0.15, 0.2) is 5.96 Å². The molecular weight excluding hydrogens is 353 g/mol. The Hall–Kier alpha value is -0.0400. The number of halogens is 1. The highest BCUT2D eigenvalue weighted by molar-refractivity contribution is 14.0. The van der Waals surface area contributed by atoms with Gasteiger partial charge in [-0.3, -0.25) is 0 Å². The molecule has 2 fully saturated rings. The molecule has 112 valence electrons. The molecule has 0 aromatic carbocycles. The molecule has 0 heterocycles. The van der Waals surface area contributed by atoms with Crippen LogP contribution in [0.5, 0.6) is 0 Å². The van der Waals surface area contributed by atoms with Gasteiger partial charge >= 0.3 is 0 Å². The van der Waals surface area contributed by atoms with Gasteiger partial charge in [0, 0.05) is 18.1 Å². The van der Waals surface area contributed by atoms with Crippen molar-refractivity contribution in [3.63, 3.8) is 0 Å². The summed E-state index contributed by atoms with van der Waals surface area (Å²) < 4.78 is 5.91. The molecule has 2 aliphatic rings. The first-order valence-corrected chi connectivity index (χ1v) is 7.25. The van der Waals surface area contributed by atoms with E-state index in [1.807, 2.05) is 0 Å². The number of nitrogens with zero attached hydrogens (tertiary/aromatic N) is 1. The van der Waals surface area contributed by atoms with Gasteiger partial charge in [-0.05, 0) is 25.7 Å². The maximum atomic E-state index is 5.91. The molecule has 2 aliphatic carbocycles. The van der Waals surface area contributed by atoms with E-state index in [0.717, 1.165) is 19.4 Å². The number of hydrogen-bond acceptors (Lipinski definition) is 2. The van der Waals surface area contributed by atoms with Crippen LogP contribution >= 0.6 is 24.0 Å². The number of hydrogen-bond donors (Lipinski definition) is 2. The Labute approximate surface area is 134 Å². The van der Waals surface area contributed by atoms with E-state index in [1.54, 1.807) is 0 Å². The Kier molecular flexibility index (Phi) is 6.36. The summed E-state index contributed by atoms with van der Waals surface area (Å²) in [7, 11) is 0. The molecule has 2 rings (SSSR count). The topological polar surface area (TPSA) is 59.6 Å². The Balaban J connectivity index is 0.00000180. The second-order valence-electron chi connectivity index (χ2n) is 6.22. The van der Waals surface area contributed by atoms with Gasteiger partial charge in [-0.1, -0.05) is 27.2 Å². The molecule has 0 spiro atoms. The Morgan fingerprint density at radius 1 is 1.42 bits per heavy atom. The molecule has 0 amide bonds. The first-order valence-electron chi connectivity index (χ1n) is 7.25. The summed E-state index contributed by atoms with van der Waals surface area (Å²) in [5, 5.41) is 3.24. The van der Waals surface area contributed by atoms with Gasteiger partial charge in [-0.15, -0.1) is 24.0 Å². The molecular formula is C14H28IN3O. The maximum absolute atomic E-state index is 5.91. The van der Waals surface area contributed by atoms with E-state index in [2.05, 4.69) is 31.1 Å². The Morgan fingerprint density at radius 3 is 2.63 bits per heavy atom. The van der Waals surface area contributed by atoms with E-state index < -0.39 is 0 Å². The van der Waals surface area contributed by atoms with Crippen molar-refractivity contribution in [3.8, 4) is 0 Å². The van der Waals surface area contributed by atoms with Crippen LogP contribution in [0.3, 0.4) is 0 Å². The summed E-state index contributed by atoms with van der Waals surface area (Å²) in [5.74, 6) is 0.614. The smallest absolute Gasteiger partial charge is 0.189 e. The van der Waals surface area contributed by atoms with E-state index in [0.29, 0.717) is 24.1 Å². The number of guanidine groups is 1. The lowest BCUT2D eigenvalue weighted by Crippen LogP contribution is -2.55. The highest BCUT2D eigenvalue weighted by atomic mass is 127. The van der Waals surface area contributed by atoms with Gasteiger partial charge in [0.25, 0.3) is 0 Å². The van der Waals surface area contributed by atoms with Crippen LogP contribution in [0.25, 0.3) is 0 Å². The first kappa shape index (κ1) is 17.0.